The van der Waals surface area contributed by atoms with Gasteiger partial charge in [-0.05, 0) is 24.0 Å². The van der Waals surface area contributed by atoms with Gasteiger partial charge in [-0.2, -0.15) is 0 Å². The van der Waals surface area contributed by atoms with Gasteiger partial charge in [0.05, 0.1) is 7.11 Å². The molecular weight excluding hydrogens is 278 g/mol. The molecule has 0 fully saturated rings. The highest BCUT2D eigenvalue weighted by molar-refractivity contribution is 5.75. The maximum atomic E-state index is 11.5. The summed E-state index contributed by atoms with van der Waals surface area (Å²) in [5.74, 6) is -0.453. The van der Waals surface area contributed by atoms with E-state index < -0.39 is 12.0 Å². The number of carbonyl (C=O) groups excluding carboxylic acids is 1. The lowest BCUT2D eigenvalue weighted by Gasteiger charge is -2.19. The number of methoxy groups -OCH3 is 1. The van der Waals surface area contributed by atoms with E-state index in [1.165, 1.54) is 7.11 Å². The van der Waals surface area contributed by atoms with E-state index in [4.69, 9.17) is 0 Å². The minimum atomic E-state index is -0.945. The Hall–Kier alpha value is -2.49. The van der Waals surface area contributed by atoms with E-state index in [0.717, 1.165) is 11.1 Å². The molecule has 0 bridgehead atoms. The van der Waals surface area contributed by atoms with Crippen LogP contribution in [0.3, 0.4) is 0 Å². The fourth-order valence-corrected chi connectivity index (χ4v) is 2.57. The second-order valence-corrected chi connectivity index (χ2v) is 5.10. The van der Waals surface area contributed by atoms with Crippen LogP contribution in [0.2, 0.25) is 0 Å². The molecule has 1 atom stereocenters. The van der Waals surface area contributed by atoms with E-state index in [-0.39, 0.29) is 5.92 Å². The summed E-state index contributed by atoms with van der Waals surface area (Å²) in [6.07, 6.45) is 1.02. The minimum Gasteiger partial charge on any atom is -0.467 e. The third-order valence-corrected chi connectivity index (χ3v) is 3.73. The van der Waals surface area contributed by atoms with E-state index in [2.05, 4.69) is 34.2 Å². The van der Waals surface area contributed by atoms with Gasteiger partial charge in [0.25, 0.3) is 0 Å². The molecule has 0 spiro atoms. The fourth-order valence-electron chi connectivity index (χ4n) is 2.57. The lowest BCUT2D eigenvalue weighted by molar-refractivity contribution is -0.142. The summed E-state index contributed by atoms with van der Waals surface area (Å²) in [7, 11) is 1.27. The predicted octanol–water partition coefficient (Wildman–Crippen LogP) is 3.91. The van der Waals surface area contributed by atoms with Crippen LogP contribution in [0.5, 0.6) is 0 Å². The van der Waals surface area contributed by atoms with Crippen LogP contribution in [0, 0.1) is 4.91 Å². The van der Waals surface area contributed by atoms with E-state index in [1.54, 1.807) is 0 Å². The average molecular weight is 297 g/mol. The second-order valence-electron chi connectivity index (χ2n) is 5.10. The van der Waals surface area contributed by atoms with Gasteiger partial charge in [-0.3, -0.25) is 0 Å². The van der Waals surface area contributed by atoms with Gasteiger partial charge >= 0.3 is 5.97 Å². The summed E-state index contributed by atoms with van der Waals surface area (Å²) in [5, 5.41) is 2.89. The van der Waals surface area contributed by atoms with Crippen LogP contribution < -0.4 is 0 Å². The lowest BCUT2D eigenvalue weighted by atomic mass is 9.86. The molecule has 2 aromatic rings. The van der Waals surface area contributed by atoms with Crippen molar-refractivity contribution >= 4 is 5.97 Å². The Bertz CT molecular complexity index is 559. The number of nitroso groups, excluding NO2 is 1. The number of rotatable bonds is 7. The molecule has 4 nitrogen and oxygen atoms in total. The van der Waals surface area contributed by atoms with Crippen molar-refractivity contribution in [1.29, 1.82) is 0 Å². The molecule has 0 aliphatic heterocycles. The summed E-state index contributed by atoms with van der Waals surface area (Å²) in [4.78, 5) is 22.4. The van der Waals surface area contributed by atoms with E-state index in [0.29, 0.717) is 12.8 Å². The van der Waals surface area contributed by atoms with Crippen molar-refractivity contribution in [2.75, 3.05) is 7.11 Å². The first-order valence-electron chi connectivity index (χ1n) is 7.26. The Morgan fingerprint density at radius 2 is 1.45 bits per heavy atom. The average Bonchev–Trinajstić information content (AvgIpc) is 2.60. The molecule has 0 saturated heterocycles. The quantitative estimate of drug-likeness (QED) is 0.575. The van der Waals surface area contributed by atoms with E-state index in [1.807, 2.05) is 36.4 Å². The topological polar surface area (TPSA) is 55.7 Å². The molecule has 0 heterocycles. The van der Waals surface area contributed by atoms with E-state index >= 15 is 0 Å². The van der Waals surface area contributed by atoms with Gasteiger partial charge in [-0.25, -0.2) is 4.79 Å². The molecule has 0 N–H and O–H groups in total. The number of hydrogen-bond acceptors (Lipinski definition) is 4. The third kappa shape index (κ3) is 4.01. The Kier molecular flexibility index (Phi) is 5.83. The molecule has 1 unspecified atom stereocenters. The Morgan fingerprint density at radius 1 is 0.955 bits per heavy atom. The standard InChI is InChI=1S/C18H19NO3/c1-22-18(20)17(19-21)13-12-16(14-8-4-2-5-9-14)15-10-6-3-7-11-15/h2-11,16-17H,12-13H2,1H3. The zero-order valence-electron chi connectivity index (χ0n) is 12.5. The highest BCUT2D eigenvalue weighted by atomic mass is 16.5. The number of esters is 1. The number of carbonyl (C=O) groups is 1. The van der Waals surface area contributed by atoms with Crippen molar-refractivity contribution in [2.45, 2.75) is 24.8 Å². The zero-order chi connectivity index (χ0) is 15.8. The highest BCUT2D eigenvalue weighted by Gasteiger charge is 2.23. The van der Waals surface area contributed by atoms with Crippen molar-refractivity contribution in [2.24, 2.45) is 5.18 Å². The van der Waals surface area contributed by atoms with Gasteiger partial charge in [-0.15, -0.1) is 4.91 Å². The van der Waals surface area contributed by atoms with E-state index in [9.17, 15) is 9.70 Å². The molecule has 0 amide bonds. The molecule has 2 aromatic carbocycles. The Balaban J connectivity index is 2.19. The van der Waals surface area contributed by atoms with Crippen LogP contribution in [-0.2, 0) is 9.53 Å². The zero-order valence-corrected chi connectivity index (χ0v) is 12.5. The van der Waals surface area contributed by atoms with Crippen LogP contribution in [0.15, 0.2) is 65.8 Å². The predicted molar refractivity (Wildman–Crippen MR) is 85.6 cm³/mol. The second kappa shape index (κ2) is 8.08. The largest absolute Gasteiger partial charge is 0.467 e. The van der Waals surface area contributed by atoms with Crippen molar-refractivity contribution in [1.82, 2.24) is 0 Å². The van der Waals surface area contributed by atoms with Crippen molar-refractivity contribution < 1.29 is 9.53 Å². The fraction of sp³-hybridized carbons (Fsp3) is 0.278. The smallest absolute Gasteiger partial charge is 0.334 e. The maximum absolute atomic E-state index is 11.5. The van der Waals surface area contributed by atoms with Crippen LogP contribution in [-0.4, -0.2) is 19.1 Å². The first-order chi connectivity index (χ1) is 10.8. The monoisotopic (exact) mass is 297 g/mol. The lowest BCUT2D eigenvalue weighted by Crippen LogP contribution is -2.20. The molecule has 22 heavy (non-hydrogen) atoms. The molecule has 0 aromatic heterocycles. The summed E-state index contributed by atoms with van der Waals surface area (Å²) in [6.45, 7) is 0. The van der Waals surface area contributed by atoms with Crippen LogP contribution >= 0.6 is 0 Å². The highest BCUT2D eigenvalue weighted by Crippen LogP contribution is 2.30. The number of hydrogen-bond donors (Lipinski definition) is 0. The molecule has 114 valence electrons. The van der Waals surface area contributed by atoms with Gasteiger partial charge in [0.1, 0.15) is 0 Å². The van der Waals surface area contributed by atoms with Crippen molar-refractivity contribution in [3.05, 3.63) is 76.7 Å². The van der Waals surface area contributed by atoms with Crippen LogP contribution in [0.1, 0.15) is 29.9 Å². The molecule has 0 aliphatic rings. The first-order valence-corrected chi connectivity index (χ1v) is 7.26. The van der Waals surface area contributed by atoms with Gasteiger partial charge in [0, 0.05) is 5.92 Å². The van der Waals surface area contributed by atoms with Crippen molar-refractivity contribution in [3.63, 3.8) is 0 Å². The normalized spacial score (nSPS) is 11.9. The summed E-state index contributed by atoms with van der Waals surface area (Å²) in [5.41, 5.74) is 2.31. The molecule has 0 radical (unpaired) electrons. The van der Waals surface area contributed by atoms with Gasteiger partial charge in [0.15, 0.2) is 6.04 Å². The minimum absolute atomic E-state index is 0.122. The molecule has 2 rings (SSSR count). The number of nitrogens with zero attached hydrogens (tertiary/aromatic N) is 1. The summed E-state index contributed by atoms with van der Waals surface area (Å²) < 4.78 is 4.61. The van der Waals surface area contributed by atoms with Crippen LogP contribution in [0.25, 0.3) is 0 Å². The van der Waals surface area contributed by atoms with Crippen molar-refractivity contribution in [3.8, 4) is 0 Å². The number of ether oxygens (including phenoxy) is 1. The molecule has 0 aliphatic carbocycles. The maximum Gasteiger partial charge on any atom is 0.334 e. The SMILES string of the molecule is COC(=O)C(CCC(c1ccccc1)c1ccccc1)N=O. The first kappa shape index (κ1) is 15.9. The van der Waals surface area contributed by atoms with Gasteiger partial charge < -0.3 is 4.74 Å². The van der Waals surface area contributed by atoms with Gasteiger partial charge in [-0.1, -0.05) is 65.8 Å². The van der Waals surface area contributed by atoms with Crippen LogP contribution in [0.4, 0.5) is 0 Å². The third-order valence-electron chi connectivity index (χ3n) is 3.73. The molecule has 0 saturated carbocycles. The number of benzene rings is 2. The summed E-state index contributed by atoms with van der Waals surface area (Å²) in [6, 6.07) is 19.2. The molecule has 4 heteroatoms. The Morgan fingerprint density at radius 3 is 1.86 bits per heavy atom. The van der Waals surface area contributed by atoms with Gasteiger partial charge in [0.2, 0.25) is 0 Å². The summed E-state index contributed by atoms with van der Waals surface area (Å²) >= 11 is 0. The Labute approximate surface area is 130 Å². The molecular formula is C18H19NO3.